The molecule has 8 heteroatoms. The molecule has 2 aliphatic rings. The largest absolute Gasteiger partial charge is 0.481 e. The number of aliphatic carboxylic acids is 1. The van der Waals surface area contributed by atoms with Crippen molar-refractivity contribution in [1.82, 2.24) is 4.72 Å². The Morgan fingerprint density at radius 1 is 1.53 bits per heavy atom. The summed E-state index contributed by atoms with van der Waals surface area (Å²) in [6.45, 7) is 2.16. The molecule has 110 valence electrons. The first kappa shape index (κ1) is 14.7. The first-order valence-corrected chi connectivity index (χ1v) is 7.91. The second-order valence-corrected chi connectivity index (χ2v) is 7.12. The monoisotopic (exact) mass is 293 g/mol. The van der Waals surface area contributed by atoms with E-state index in [1.54, 1.807) is 0 Å². The summed E-state index contributed by atoms with van der Waals surface area (Å²) < 4.78 is 36.9. The highest BCUT2D eigenvalue weighted by atomic mass is 32.2. The van der Waals surface area contributed by atoms with E-state index >= 15 is 0 Å². The maximum atomic E-state index is 12.0. The summed E-state index contributed by atoms with van der Waals surface area (Å²) in [5.74, 6) is -1.19. The summed E-state index contributed by atoms with van der Waals surface area (Å²) in [5.41, 5.74) is -1.22. The summed E-state index contributed by atoms with van der Waals surface area (Å²) >= 11 is 0. The van der Waals surface area contributed by atoms with E-state index in [1.807, 2.05) is 0 Å². The van der Waals surface area contributed by atoms with E-state index in [0.29, 0.717) is 6.61 Å². The molecule has 2 aliphatic heterocycles. The van der Waals surface area contributed by atoms with Crippen LogP contribution in [0.25, 0.3) is 0 Å². The molecule has 2 N–H and O–H groups in total. The van der Waals surface area contributed by atoms with Gasteiger partial charge >= 0.3 is 5.97 Å². The molecule has 2 heterocycles. The van der Waals surface area contributed by atoms with Gasteiger partial charge in [0.15, 0.2) is 0 Å². The third kappa shape index (κ3) is 3.25. The van der Waals surface area contributed by atoms with Crippen LogP contribution in [-0.2, 0) is 24.3 Å². The fourth-order valence-corrected chi connectivity index (χ4v) is 3.94. The lowest BCUT2D eigenvalue weighted by molar-refractivity contribution is -0.148. The summed E-state index contributed by atoms with van der Waals surface area (Å²) in [6.07, 6.45) is 1.29. The molecule has 0 aromatic carbocycles. The molecule has 3 unspecified atom stereocenters. The third-order valence-electron chi connectivity index (χ3n) is 3.70. The third-order valence-corrected chi connectivity index (χ3v) is 5.15. The molecule has 0 aliphatic carbocycles. The minimum Gasteiger partial charge on any atom is -0.481 e. The van der Waals surface area contributed by atoms with Crippen LogP contribution in [0.4, 0.5) is 0 Å². The van der Waals surface area contributed by atoms with Crippen LogP contribution in [-0.4, -0.2) is 57.2 Å². The Morgan fingerprint density at radius 2 is 2.26 bits per heavy atom. The van der Waals surface area contributed by atoms with Crippen LogP contribution in [0.5, 0.6) is 0 Å². The normalized spacial score (nSPS) is 35.6. The maximum absolute atomic E-state index is 12.0. The second kappa shape index (κ2) is 5.35. The Labute approximate surface area is 112 Å². The fraction of sp³-hybridized carbons (Fsp3) is 0.909. The highest BCUT2D eigenvalue weighted by Gasteiger charge is 2.48. The zero-order valence-electron chi connectivity index (χ0n) is 10.8. The quantitative estimate of drug-likeness (QED) is 0.713. The first-order chi connectivity index (χ1) is 8.83. The lowest BCUT2D eigenvalue weighted by Crippen LogP contribution is -2.50. The molecule has 0 saturated carbocycles. The average molecular weight is 293 g/mol. The van der Waals surface area contributed by atoms with Crippen molar-refractivity contribution in [1.29, 1.82) is 0 Å². The van der Waals surface area contributed by atoms with Gasteiger partial charge in [-0.1, -0.05) is 0 Å². The zero-order chi connectivity index (χ0) is 14.1. The first-order valence-electron chi connectivity index (χ1n) is 6.26. The molecule has 0 aromatic rings. The summed E-state index contributed by atoms with van der Waals surface area (Å²) in [4.78, 5) is 11.2. The SMILES string of the molecule is CC1(C(=O)O)COCC1NS(=O)(=O)CC1CCCO1. The molecule has 19 heavy (non-hydrogen) atoms. The number of carbonyl (C=O) groups is 1. The molecule has 2 rings (SSSR count). The van der Waals surface area contributed by atoms with E-state index in [-0.39, 0.29) is 25.1 Å². The van der Waals surface area contributed by atoms with Crippen LogP contribution < -0.4 is 4.72 Å². The Bertz CT molecular complexity index is 444. The average Bonchev–Trinajstić information content (AvgIpc) is 2.89. The van der Waals surface area contributed by atoms with E-state index in [0.717, 1.165) is 12.8 Å². The minimum absolute atomic E-state index is 0.00937. The lowest BCUT2D eigenvalue weighted by Gasteiger charge is -2.25. The number of hydrogen-bond donors (Lipinski definition) is 2. The fourth-order valence-electron chi connectivity index (χ4n) is 2.33. The maximum Gasteiger partial charge on any atom is 0.313 e. The molecule has 0 amide bonds. The Morgan fingerprint density at radius 3 is 2.84 bits per heavy atom. The predicted octanol–water partition coefficient (Wildman–Crippen LogP) is -0.425. The van der Waals surface area contributed by atoms with Gasteiger partial charge in [-0.15, -0.1) is 0 Å². The Hall–Kier alpha value is -0.700. The second-order valence-electron chi connectivity index (χ2n) is 5.32. The molecule has 2 saturated heterocycles. The van der Waals surface area contributed by atoms with Gasteiger partial charge < -0.3 is 14.6 Å². The number of ether oxygens (including phenoxy) is 2. The van der Waals surface area contributed by atoms with Gasteiger partial charge in [0.1, 0.15) is 5.41 Å². The van der Waals surface area contributed by atoms with Crippen molar-refractivity contribution in [3.8, 4) is 0 Å². The standard InChI is InChI=1S/C11H19NO6S/c1-11(10(13)14)7-17-5-9(11)12-19(15,16)6-8-3-2-4-18-8/h8-9,12H,2-7H2,1H3,(H,13,14). The van der Waals surface area contributed by atoms with Crippen molar-refractivity contribution in [2.24, 2.45) is 5.41 Å². The Balaban J connectivity index is 2.01. The molecule has 2 fully saturated rings. The van der Waals surface area contributed by atoms with Crippen LogP contribution in [0.15, 0.2) is 0 Å². The topological polar surface area (TPSA) is 102 Å². The van der Waals surface area contributed by atoms with Crippen LogP contribution in [0, 0.1) is 5.41 Å². The molecule has 7 nitrogen and oxygen atoms in total. The summed E-state index contributed by atoms with van der Waals surface area (Å²) in [6, 6.07) is -0.739. The van der Waals surface area contributed by atoms with Crippen LogP contribution >= 0.6 is 0 Å². The number of carboxylic acids is 1. The summed E-state index contributed by atoms with van der Waals surface area (Å²) in [7, 11) is -3.57. The summed E-state index contributed by atoms with van der Waals surface area (Å²) in [5, 5.41) is 9.18. The van der Waals surface area contributed by atoms with Gasteiger partial charge in [0, 0.05) is 6.61 Å². The smallest absolute Gasteiger partial charge is 0.313 e. The van der Waals surface area contributed by atoms with Gasteiger partial charge in [-0.3, -0.25) is 4.79 Å². The lowest BCUT2D eigenvalue weighted by atomic mass is 9.86. The van der Waals surface area contributed by atoms with Crippen molar-refractivity contribution in [2.75, 3.05) is 25.6 Å². The molecule has 0 aromatic heterocycles. The van der Waals surface area contributed by atoms with Gasteiger partial charge in [0.05, 0.1) is 31.1 Å². The number of rotatable bonds is 5. The number of hydrogen-bond acceptors (Lipinski definition) is 5. The van der Waals surface area contributed by atoms with Crippen LogP contribution in [0.3, 0.4) is 0 Å². The molecule has 3 atom stereocenters. The van der Waals surface area contributed by atoms with Crippen molar-refractivity contribution in [2.45, 2.75) is 31.9 Å². The number of sulfonamides is 1. The van der Waals surface area contributed by atoms with E-state index in [2.05, 4.69) is 4.72 Å². The zero-order valence-corrected chi connectivity index (χ0v) is 11.6. The molecule has 0 bridgehead atoms. The van der Waals surface area contributed by atoms with Gasteiger partial charge in [0.25, 0.3) is 0 Å². The highest BCUT2D eigenvalue weighted by Crippen LogP contribution is 2.29. The highest BCUT2D eigenvalue weighted by molar-refractivity contribution is 7.89. The van der Waals surface area contributed by atoms with E-state index < -0.39 is 27.4 Å². The van der Waals surface area contributed by atoms with Crippen molar-refractivity contribution < 1.29 is 27.8 Å². The van der Waals surface area contributed by atoms with Gasteiger partial charge in [-0.25, -0.2) is 13.1 Å². The van der Waals surface area contributed by atoms with E-state index in [9.17, 15) is 18.3 Å². The van der Waals surface area contributed by atoms with Crippen LogP contribution in [0.1, 0.15) is 19.8 Å². The van der Waals surface area contributed by atoms with Crippen molar-refractivity contribution in [3.05, 3.63) is 0 Å². The molecule has 0 spiro atoms. The number of nitrogens with one attached hydrogen (secondary N) is 1. The predicted molar refractivity (Wildman–Crippen MR) is 66.2 cm³/mol. The van der Waals surface area contributed by atoms with Gasteiger partial charge in [-0.05, 0) is 19.8 Å². The van der Waals surface area contributed by atoms with E-state index in [4.69, 9.17) is 9.47 Å². The minimum atomic E-state index is -3.57. The van der Waals surface area contributed by atoms with E-state index in [1.165, 1.54) is 6.92 Å². The molecule has 0 radical (unpaired) electrons. The molecular formula is C11H19NO6S. The van der Waals surface area contributed by atoms with Crippen molar-refractivity contribution in [3.63, 3.8) is 0 Å². The van der Waals surface area contributed by atoms with Gasteiger partial charge in [-0.2, -0.15) is 0 Å². The molecular weight excluding hydrogens is 274 g/mol. The van der Waals surface area contributed by atoms with Crippen LogP contribution in [0.2, 0.25) is 0 Å². The van der Waals surface area contributed by atoms with Crippen molar-refractivity contribution >= 4 is 16.0 Å². The Kier molecular flexibility index (Phi) is 4.14. The number of carboxylic acid groups (broad SMARTS) is 1. The van der Waals surface area contributed by atoms with Gasteiger partial charge in [0.2, 0.25) is 10.0 Å².